The van der Waals surface area contributed by atoms with Crippen LogP contribution in [-0.4, -0.2) is 29.9 Å². The number of likely N-dealkylation sites (tertiary alicyclic amines) is 1. The summed E-state index contributed by atoms with van der Waals surface area (Å²) in [5.74, 6) is 1.58. The molecular weight excluding hydrogens is 272 g/mol. The lowest BCUT2D eigenvalue weighted by Gasteiger charge is -2.18. The van der Waals surface area contributed by atoms with E-state index in [-0.39, 0.29) is 0 Å². The van der Waals surface area contributed by atoms with Crippen LogP contribution in [0.1, 0.15) is 43.2 Å². The fraction of sp³-hybridized carbons (Fsp3) is 0.632. The number of aryl methyl sites for hydroxylation is 2. The maximum atomic E-state index is 12.3. The average Bonchev–Trinajstić information content (AvgIpc) is 3.08. The summed E-state index contributed by atoms with van der Waals surface area (Å²) in [6, 6.07) is 9.03. The SMILES string of the molecule is Cc1ccc(CCCCC(=O)N2CC3CCC(N)C3C2)cc1. The van der Waals surface area contributed by atoms with Crippen molar-refractivity contribution in [2.45, 2.75) is 51.5 Å². The lowest BCUT2D eigenvalue weighted by Crippen LogP contribution is -2.33. The van der Waals surface area contributed by atoms with Gasteiger partial charge in [-0.1, -0.05) is 29.8 Å². The van der Waals surface area contributed by atoms with Crippen LogP contribution < -0.4 is 5.73 Å². The van der Waals surface area contributed by atoms with E-state index in [2.05, 4.69) is 36.1 Å². The van der Waals surface area contributed by atoms with E-state index in [1.807, 2.05) is 0 Å². The average molecular weight is 300 g/mol. The third-order valence-electron chi connectivity index (χ3n) is 5.49. The molecule has 1 heterocycles. The lowest BCUT2D eigenvalue weighted by molar-refractivity contribution is -0.130. The fourth-order valence-electron chi connectivity index (χ4n) is 4.03. The van der Waals surface area contributed by atoms with Crippen molar-refractivity contribution in [3.63, 3.8) is 0 Å². The first-order valence-corrected chi connectivity index (χ1v) is 8.72. The molecule has 0 spiro atoms. The quantitative estimate of drug-likeness (QED) is 0.850. The number of nitrogens with zero attached hydrogens (tertiary/aromatic N) is 1. The summed E-state index contributed by atoms with van der Waals surface area (Å²) in [7, 11) is 0. The van der Waals surface area contributed by atoms with Crippen LogP contribution in [0.5, 0.6) is 0 Å². The highest BCUT2D eigenvalue weighted by atomic mass is 16.2. The van der Waals surface area contributed by atoms with Crippen molar-refractivity contribution in [2.24, 2.45) is 17.6 Å². The zero-order valence-electron chi connectivity index (χ0n) is 13.6. The Bertz CT molecular complexity index is 511. The van der Waals surface area contributed by atoms with Gasteiger partial charge in [-0.25, -0.2) is 0 Å². The van der Waals surface area contributed by atoms with Gasteiger partial charge in [-0.2, -0.15) is 0 Å². The second-order valence-electron chi connectivity index (χ2n) is 7.16. The van der Waals surface area contributed by atoms with Gasteiger partial charge < -0.3 is 10.6 Å². The first-order valence-electron chi connectivity index (χ1n) is 8.72. The monoisotopic (exact) mass is 300 g/mol. The van der Waals surface area contributed by atoms with Crippen molar-refractivity contribution in [1.29, 1.82) is 0 Å². The van der Waals surface area contributed by atoms with E-state index in [0.29, 0.717) is 30.2 Å². The van der Waals surface area contributed by atoms with E-state index in [9.17, 15) is 4.79 Å². The minimum absolute atomic E-state index is 0.323. The van der Waals surface area contributed by atoms with Gasteiger partial charge >= 0.3 is 0 Å². The largest absolute Gasteiger partial charge is 0.342 e. The molecule has 3 nitrogen and oxygen atoms in total. The first kappa shape index (κ1) is 15.5. The summed E-state index contributed by atoms with van der Waals surface area (Å²) in [5, 5.41) is 0. The summed E-state index contributed by atoms with van der Waals surface area (Å²) in [6.45, 7) is 3.97. The van der Waals surface area contributed by atoms with Crippen LogP contribution in [0.3, 0.4) is 0 Å². The zero-order valence-corrected chi connectivity index (χ0v) is 13.6. The standard InChI is InChI=1S/C19H28N2O/c1-14-6-8-15(9-7-14)4-2-3-5-19(22)21-12-16-10-11-18(20)17(16)13-21/h6-9,16-18H,2-5,10-13,20H2,1H3. The maximum absolute atomic E-state index is 12.3. The Labute approximate surface area is 133 Å². The number of fused-ring (bicyclic) bond motifs is 1. The van der Waals surface area contributed by atoms with Crippen LogP contribution in [0.25, 0.3) is 0 Å². The molecule has 2 aliphatic rings. The Kier molecular flexibility index (Phi) is 4.82. The van der Waals surface area contributed by atoms with Crippen molar-refractivity contribution in [1.82, 2.24) is 4.90 Å². The number of amides is 1. The zero-order chi connectivity index (χ0) is 15.5. The van der Waals surface area contributed by atoms with Gasteiger partial charge in [0, 0.05) is 25.6 Å². The third kappa shape index (κ3) is 3.52. The molecule has 120 valence electrons. The van der Waals surface area contributed by atoms with Gasteiger partial charge in [0.05, 0.1) is 0 Å². The van der Waals surface area contributed by atoms with Crippen LogP contribution >= 0.6 is 0 Å². The van der Waals surface area contributed by atoms with Gasteiger partial charge in [-0.05, 0) is 56.4 Å². The smallest absolute Gasteiger partial charge is 0.222 e. The second-order valence-corrected chi connectivity index (χ2v) is 7.16. The molecule has 0 radical (unpaired) electrons. The normalized spacial score (nSPS) is 27.2. The highest BCUT2D eigenvalue weighted by molar-refractivity contribution is 5.76. The van der Waals surface area contributed by atoms with E-state index in [1.54, 1.807) is 0 Å². The van der Waals surface area contributed by atoms with Crippen LogP contribution in [-0.2, 0) is 11.2 Å². The number of hydrogen-bond donors (Lipinski definition) is 1. The Hall–Kier alpha value is -1.35. The molecule has 1 aliphatic carbocycles. The van der Waals surface area contributed by atoms with Gasteiger partial charge in [0.1, 0.15) is 0 Å². The molecule has 1 aromatic carbocycles. The number of benzene rings is 1. The van der Waals surface area contributed by atoms with Gasteiger partial charge in [-0.15, -0.1) is 0 Å². The van der Waals surface area contributed by atoms with Gasteiger partial charge in [0.15, 0.2) is 0 Å². The summed E-state index contributed by atoms with van der Waals surface area (Å²) < 4.78 is 0. The summed E-state index contributed by atoms with van der Waals surface area (Å²) >= 11 is 0. The second kappa shape index (κ2) is 6.82. The first-order chi connectivity index (χ1) is 10.6. The number of carbonyl (C=O) groups excluding carboxylic acids is 1. The molecular formula is C19H28N2O. The topological polar surface area (TPSA) is 46.3 Å². The molecule has 3 unspecified atom stereocenters. The number of unbranched alkanes of at least 4 members (excludes halogenated alkanes) is 1. The fourth-order valence-corrected chi connectivity index (χ4v) is 4.03. The minimum Gasteiger partial charge on any atom is -0.342 e. The molecule has 3 atom stereocenters. The molecule has 0 aromatic heterocycles. The molecule has 1 saturated carbocycles. The molecule has 1 amide bonds. The number of hydrogen-bond acceptors (Lipinski definition) is 2. The molecule has 1 saturated heterocycles. The van der Waals surface area contributed by atoms with E-state index >= 15 is 0 Å². The van der Waals surface area contributed by atoms with Gasteiger partial charge in [-0.3, -0.25) is 4.79 Å². The van der Waals surface area contributed by atoms with Crippen molar-refractivity contribution in [3.8, 4) is 0 Å². The lowest BCUT2D eigenvalue weighted by atomic mass is 9.98. The Morgan fingerprint density at radius 3 is 2.68 bits per heavy atom. The van der Waals surface area contributed by atoms with E-state index in [4.69, 9.17) is 5.73 Å². The number of carbonyl (C=O) groups is 1. The molecule has 3 rings (SSSR count). The Morgan fingerprint density at radius 2 is 1.95 bits per heavy atom. The van der Waals surface area contributed by atoms with Crippen molar-refractivity contribution in [2.75, 3.05) is 13.1 Å². The van der Waals surface area contributed by atoms with E-state index < -0.39 is 0 Å². The van der Waals surface area contributed by atoms with Crippen LogP contribution in [0, 0.1) is 18.8 Å². The third-order valence-corrected chi connectivity index (χ3v) is 5.49. The highest BCUT2D eigenvalue weighted by Gasteiger charge is 2.42. The van der Waals surface area contributed by atoms with Crippen molar-refractivity contribution < 1.29 is 4.79 Å². The molecule has 2 fully saturated rings. The van der Waals surface area contributed by atoms with Crippen LogP contribution in [0.4, 0.5) is 0 Å². The molecule has 0 bridgehead atoms. The molecule has 3 heteroatoms. The number of nitrogens with two attached hydrogens (primary N) is 1. The maximum Gasteiger partial charge on any atom is 0.222 e. The van der Waals surface area contributed by atoms with Crippen LogP contribution in [0.15, 0.2) is 24.3 Å². The predicted molar refractivity (Wildman–Crippen MR) is 89.5 cm³/mol. The molecule has 2 N–H and O–H groups in total. The Balaban J connectivity index is 1.37. The molecule has 22 heavy (non-hydrogen) atoms. The summed E-state index contributed by atoms with van der Waals surface area (Å²) in [4.78, 5) is 14.4. The van der Waals surface area contributed by atoms with E-state index in [1.165, 1.54) is 17.5 Å². The van der Waals surface area contributed by atoms with Crippen molar-refractivity contribution in [3.05, 3.63) is 35.4 Å². The van der Waals surface area contributed by atoms with Crippen LogP contribution in [0.2, 0.25) is 0 Å². The molecule has 1 aromatic rings. The van der Waals surface area contributed by atoms with Crippen molar-refractivity contribution >= 4 is 5.91 Å². The van der Waals surface area contributed by atoms with Gasteiger partial charge in [0.2, 0.25) is 5.91 Å². The minimum atomic E-state index is 0.323. The predicted octanol–water partition coefficient (Wildman–Crippen LogP) is 2.90. The Morgan fingerprint density at radius 1 is 1.18 bits per heavy atom. The molecule has 1 aliphatic heterocycles. The highest BCUT2D eigenvalue weighted by Crippen LogP contribution is 2.37. The van der Waals surface area contributed by atoms with E-state index in [0.717, 1.165) is 38.8 Å². The number of rotatable bonds is 5. The summed E-state index contributed by atoms with van der Waals surface area (Å²) in [5.41, 5.74) is 8.82. The summed E-state index contributed by atoms with van der Waals surface area (Å²) in [6.07, 6.45) is 6.21. The van der Waals surface area contributed by atoms with Gasteiger partial charge in [0.25, 0.3) is 0 Å².